The van der Waals surface area contributed by atoms with Crippen LogP contribution in [0.2, 0.25) is 0 Å². The van der Waals surface area contributed by atoms with Crippen molar-refractivity contribution in [3.05, 3.63) is 35.0 Å². The molecule has 0 atom stereocenters. The minimum absolute atomic E-state index is 0.402. The molecule has 14 heavy (non-hydrogen) atoms. The summed E-state index contributed by atoms with van der Waals surface area (Å²) in [6, 6.07) is 3.83. The molecule has 0 aromatic carbocycles. The van der Waals surface area contributed by atoms with E-state index in [1.807, 2.05) is 12.1 Å². The number of nitrogens with two attached hydrogens (primary N) is 1. The molecule has 2 aromatic rings. The first-order valence-corrected chi connectivity index (χ1v) is 4.95. The fourth-order valence-corrected chi connectivity index (χ4v) is 1.74. The first-order chi connectivity index (χ1) is 6.81. The summed E-state index contributed by atoms with van der Waals surface area (Å²) >= 11 is 3.39. The summed E-state index contributed by atoms with van der Waals surface area (Å²) < 4.78 is 0.839. The Bertz CT molecular complexity index is 424. The molecule has 0 spiro atoms. The van der Waals surface area contributed by atoms with Crippen molar-refractivity contribution >= 4 is 15.9 Å². The molecular weight excluding hydrogens is 244 g/mol. The normalized spacial score (nSPS) is 10.4. The highest BCUT2D eigenvalue weighted by Gasteiger charge is 2.08. The Morgan fingerprint density at radius 1 is 1.50 bits per heavy atom. The Morgan fingerprint density at radius 2 is 2.36 bits per heavy atom. The fourth-order valence-electron chi connectivity index (χ4n) is 1.19. The van der Waals surface area contributed by atoms with E-state index in [0.717, 1.165) is 21.7 Å². The Morgan fingerprint density at radius 3 is 2.93 bits per heavy atom. The smallest absolute Gasteiger partial charge is 0.121 e. The molecule has 2 heterocycles. The molecule has 2 aromatic heterocycles. The predicted molar refractivity (Wildman–Crippen MR) is 57.4 cm³/mol. The molecule has 0 fully saturated rings. The van der Waals surface area contributed by atoms with Crippen molar-refractivity contribution in [2.75, 3.05) is 0 Å². The highest BCUT2D eigenvalue weighted by atomic mass is 79.9. The van der Waals surface area contributed by atoms with Crippen LogP contribution in [0, 0.1) is 0 Å². The van der Waals surface area contributed by atoms with Gasteiger partial charge in [-0.3, -0.25) is 4.98 Å². The largest absolute Gasteiger partial charge is 0.335 e. The molecule has 3 N–H and O–H groups in total. The van der Waals surface area contributed by atoms with E-state index in [-0.39, 0.29) is 0 Å². The van der Waals surface area contributed by atoms with Crippen molar-refractivity contribution < 1.29 is 0 Å². The van der Waals surface area contributed by atoms with Crippen LogP contribution < -0.4 is 5.73 Å². The minimum Gasteiger partial charge on any atom is -0.335 e. The maximum absolute atomic E-state index is 5.48. The molecular formula is C9H9BrN4. The number of nitrogens with one attached hydrogen (secondary N) is 1. The maximum atomic E-state index is 5.48. The molecule has 0 saturated heterocycles. The zero-order valence-electron chi connectivity index (χ0n) is 7.37. The van der Waals surface area contributed by atoms with Gasteiger partial charge in [-0.2, -0.15) is 0 Å². The van der Waals surface area contributed by atoms with E-state index in [9.17, 15) is 0 Å². The molecule has 0 unspecified atom stereocenters. The Balaban J connectivity index is 2.46. The van der Waals surface area contributed by atoms with E-state index in [1.54, 1.807) is 12.4 Å². The second kappa shape index (κ2) is 3.89. The summed E-state index contributed by atoms with van der Waals surface area (Å²) in [5.74, 6) is 0.760. The van der Waals surface area contributed by atoms with E-state index in [2.05, 4.69) is 30.9 Å². The van der Waals surface area contributed by atoms with Crippen molar-refractivity contribution in [2.45, 2.75) is 6.54 Å². The average Bonchev–Trinajstić information content (AvgIpc) is 2.61. The van der Waals surface area contributed by atoms with Gasteiger partial charge in [0.15, 0.2) is 0 Å². The van der Waals surface area contributed by atoms with Crippen LogP contribution in [0.5, 0.6) is 0 Å². The molecule has 0 radical (unpaired) electrons. The van der Waals surface area contributed by atoms with Gasteiger partial charge >= 0.3 is 0 Å². The van der Waals surface area contributed by atoms with Crippen LogP contribution >= 0.6 is 15.9 Å². The van der Waals surface area contributed by atoms with Crippen LogP contribution in [0.15, 0.2) is 29.1 Å². The molecule has 0 saturated carbocycles. The quantitative estimate of drug-likeness (QED) is 0.855. The standard InChI is InChI=1S/C9H9BrN4/c10-9-8(13-7(4-11)14-9)6-2-1-3-12-5-6/h1-3,5H,4,11H2,(H,13,14). The van der Waals surface area contributed by atoms with Gasteiger partial charge in [-0.25, -0.2) is 4.98 Å². The van der Waals surface area contributed by atoms with Gasteiger partial charge in [0.25, 0.3) is 0 Å². The number of nitrogens with zero attached hydrogens (tertiary/aromatic N) is 2. The number of pyridine rings is 1. The third-order valence-corrected chi connectivity index (χ3v) is 2.41. The van der Waals surface area contributed by atoms with Crippen LogP contribution in [0.4, 0.5) is 0 Å². The molecule has 0 aliphatic heterocycles. The van der Waals surface area contributed by atoms with Crippen molar-refractivity contribution in [1.82, 2.24) is 15.0 Å². The second-order valence-corrected chi connectivity index (χ2v) is 3.58. The van der Waals surface area contributed by atoms with Gasteiger partial charge < -0.3 is 10.7 Å². The van der Waals surface area contributed by atoms with Crippen LogP contribution in [-0.2, 0) is 6.54 Å². The number of imidazole rings is 1. The molecule has 0 bridgehead atoms. The van der Waals surface area contributed by atoms with Crippen LogP contribution in [0.1, 0.15) is 5.82 Å². The lowest BCUT2D eigenvalue weighted by atomic mass is 10.2. The van der Waals surface area contributed by atoms with Crippen molar-refractivity contribution in [3.8, 4) is 11.3 Å². The Labute approximate surface area is 89.7 Å². The highest BCUT2D eigenvalue weighted by Crippen LogP contribution is 2.24. The molecule has 72 valence electrons. The molecule has 0 amide bonds. The van der Waals surface area contributed by atoms with Crippen molar-refractivity contribution in [1.29, 1.82) is 0 Å². The van der Waals surface area contributed by atoms with E-state index >= 15 is 0 Å². The first-order valence-electron chi connectivity index (χ1n) is 4.16. The molecule has 5 heteroatoms. The molecule has 4 nitrogen and oxygen atoms in total. The lowest BCUT2D eigenvalue weighted by molar-refractivity contribution is 0.947. The van der Waals surface area contributed by atoms with Crippen molar-refractivity contribution in [3.63, 3.8) is 0 Å². The summed E-state index contributed by atoms with van der Waals surface area (Å²) in [6.07, 6.45) is 3.50. The van der Waals surface area contributed by atoms with E-state index in [4.69, 9.17) is 5.73 Å². The minimum atomic E-state index is 0.402. The monoisotopic (exact) mass is 252 g/mol. The summed E-state index contributed by atoms with van der Waals surface area (Å²) in [5, 5.41) is 0. The van der Waals surface area contributed by atoms with E-state index in [0.29, 0.717) is 6.54 Å². The number of hydrogen-bond acceptors (Lipinski definition) is 3. The van der Waals surface area contributed by atoms with Gasteiger partial charge in [-0.15, -0.1) is 0 Å². The van der Waals surface area contributed by atoms with Crippen LogP contribution in [-0.4, -0.2) is 15.0 Å². The van der Waals surface area contributed by atoms with Gasteiger partial charge in [0.05, 0.1) is 6.54 Å². The van der Waals surface area contributed by atoms with E-state index < -0.39 is 0 Å². The number of hydrogen-bond donors (Lipinski definition) is 2. The average molecular weight is 253 g/mol. The van der Waals surface area contributed by atoms with Crippen LogP contribution in [0.3, 0.4) is 0 Å². The number of H-pyrrole nitrogens is 1. The first kappa shape index (κ1) is 9.36. The molecule has 0 aliphatic carbocycles. The third kappa shape index (κ3) is 1.69. The molecule has 2 rings (SSSR count). The summed E-state index contributed by atoms with van der Waals surface area (Å²) in [6.45, 7) is 0.402. The number of aromatic amines is 1. The van der Waals surface area contributed by atoms with Gasteiger partial charge in [0, 0.05) is 18.0 Å². The van der Waals surface area contributed by atoms with Gasteiger partial charge in [-0.1, -0.05) is 0 Å². The SMILES string of the molecule is NCc1nc(-c2cccnc2)c(Br)[nH]1. The van der Waals surface area contributed by atoms with Crippen LogP contribution in [0.25, 0.3) is 11.3 Å². The lowest BCUT2D eigenvalue weighted by Gasteiger charge is -1.94. The number of halogens is 1. The van der Waals surface area contributed by atoms with Gasteiger partial charge in [0.2, 0.25) is 0 Å². The predicted octanol–water partition coefficient (Wildman–Crippen LogP) is 1.69. The summed E-state index contributed by atoms with van der Waals surface area (Å²) in [5.41, 5.74) is 7.29. The lowest BCUT2D eigenvalue weighted by Crippen LogP contribution is -1.97. The van der Waals surface area contributed by atoms with Crippen molar-refractivity contribution in [2.24, 2.45) is 5.73 Å². The summed E-state index contributed by atoms with van der Waals surface area (Å²) in [7, 11) is 0. The highest BCUT2D eigenvalue weighted by molar-refractivity contribution is 9.10. The number of aromatic nitrogens is 3. The van der Waals surface area contributed by atoms with E-state index in [1.165, 1.54) is 0 Å². The zero-order valence-corrected chi connectivity index (χ0v) is 8.95. The Kier molecular flexibility index (Phi) is 2.60. The summed E-state index contributed by atoms with van der Waals surface area (Å²) in [4.78, 5) is 11.4. The fraction of sp³-hybridized carbons (Fsp3) is 0.111. The number of rotatable bonds is 2. The maximum Gasteiger partial charge on any atom is 0.121 e. The Hall–Kier alpha value is -1.20. The topological polar surface area (TPSA) is 67.6 Å². The third-order valence-electron chi connectivity index (χ3n) is 1.84. The van der Waals surface area contributed by atoms with Gasteiger partial charge in [0.1, 0.15) is 16.1 Å². The zero-order chi connectivity index (χ0) is 9.97. The molecule has 0 aliphatic rings. The second-order valence-electron chi connectivity index (χ2n) is 2.79. The van der Waals surface area contributed by atoms with Gasteiger partial charge in [-0.05, 0) is 28.1 Å².